The van der Waals surface area contributed by atoms with E-state index in [1.165, 1.54) is 32.2 Å². The first-order valence-electron chi connectivity index (χ1n) is 6.02. The van der Waals surface area contributed by atoms with Crippen molar-refractivity contribution in [1.82, 2.24) is 10.6 Å². The Morgan fingerprint density at radius 3 is 2.64 bits per heavy atom. The standard InChI is InChI=1S/C12H26N2/c1-12(2)7-4-6-11(12)10-14-9-5-8-13-3/h11,13-14H,4-10H2,1-3H3. The van der Waals surface area contributed by atoms with Gasteiger partial charge in [0, 0.05) is 0 Å². The molecule has 2 N–H and O–H groups in total. The van der Waals surface area contributed by atoms with E-state index < -0.39 is 0 Å². The zero-order chi connectivity index (χ0) is 10.4. The minimum absolute atomic E-state index is 0.579. The van der Waals surface area contributed by atoms with Gasteiger partial charge in [-0.3, -0.25) is 0 Å². The predicted molar refractivity (Wildman–Crippen MR) is 62.5 cm³/mol. The highest BCUT2D eigenvalue weighted by molar-refractivity contribution is 4.85. The van der Waals surface area contributed by atoms with Crippen LogP contribution >= 0.6 is 0 Å². The van der Waals surface area contributed by atoms with Crippen LogP contribution < -0.4 is 10.6 Å². The van der Waals surface area contributed by atoms with Gasteiger partial charge in [0.2, 0.25) is 0 Å². The van der Waals surface area contributed by atoms with Crippen LogP contribution in [0.15, 0.2) is 0 Å². The topological polar surface area (TPSA) is 24.1 Å². The van der Waals surface area contributed by atoms with E-state index in [4.69, 9.17) is 0 Å². The Morgan fingerprint density at radius 1 is 1.29 bits per heavy atom. The monoisotopic (exact) mass is 198 g/mol. The third-order valence-electron chi connectivity index (χ3n) is 3.65. The van der Waals surface area contributed by atoms with Crippen LogP contribution in [0.25, 0.3) is 0 Å². The molecule has 1 aliphatic rings. The summed E-state index contributed by atoms with van der Waals surface area (Å²) in [6.07, 6.45) is 5.50. The first kappa shape index (κ1) is 12.0. The van der Waals surface area contributed by atoms with E-state index in [-0.39, 0.29) is 0 Å². The maximum atomic E-state index is 3.58. The van der Waals surface area contributed by atoms with E-state index in [0.717, 1.165) is 19.0 Å². The minimum atomic E-state index is 0.579. The maximum absolute atomic E-state index is 3.58. The van der Waals surface area contributed by atoms with Gasteiger partial charge in [0.1, 0.15) is 0 Å². The molecule has 0 aromatic carbocycles. The highest BCUT2D eigenvalue weighted by atomic mass is 14.9. The molecule has 1 atom stereocenters. The Labute approximate surface area is 88.8 Å². The summed E-state index contributed by atoms with van der Waals surface area (Å²) in [4.78, 5) is 0. The quantitative estimate of drug-likeness (QED) is 0.638. The lowest BCUT2D eigenvalue weighted by Crippen LogP contribution is -2.31. The predicted octanol–water partition coefficient (Wildman–Crippen LogP) is 2.01. The molecule has 0 aromatic heterocycles. The fourth-order valence-corrected chi connectivity index (χ4v) is 2.44. The molecular formula is C12H26N2. The van der Waals surface area contributed by atoms with Crippen molar-refractivity contribution in [2.75, 3.05) is 26.7 Å². The molecule has 0 bridgehead atoms. The summed E-state index contributed by atoms with van der Waals surface area (Å²) in [7, 11) is 2.01. The van der Waals surface area contributed by atoms with E-state index in [9.17, 15) is 0 Å². The largest absolute Gasteiger partial charge is 0.320 e. The first-order valence-corrected chi connectivity index (χ1v) is 6.02. The highest BCUT2D eigenvalue weighted by Gasteiger charge is 2.33. The van der Waals surface area contributed by atoms with Crippen molar-refractivity contribution in [3.8, 4) is 0 Å². The summed E-state index contributed by atoms with van der Waals surface area (Å²) < 4.78 is 0. The van der Waals surface area contributed by atoms with Gasteiger partial charge in [-0.15, -0.1) is 0 Å². The molecule has 0 radical (unpaired) electrons. The second-order valence-electron chi connectivity index (χ2n) is 5.24. The summed E-state index contributed by atoms with van der Waals surface area (Å²) in [5.74, 6) is 0.900. The van der Waals surface area contributed by atoms with Crippen molar-refractivity contribution in [3.05, 3.63) is 0 Å². The van der Waals surface area contributed by atoms with Gasteiger partial charge in [0.25, 0.3) is 0 Å². The van der Waals surface area contributed by atoms with E-state index in [0.29, 0.717) is 5.41 Å². The molecule has 0 amide bonds. The molecule has 1 aliphatic carbocycles. The van der Waals surface area contributed by atoms with E-state index >= 15 is 0 Å². The Hall–Kier alpha value is -0.0800. The van der Waals surface area contributed by atoms with Crippen LogP contribution in [0.4, 0.5) is 0 Å². The van der Waals surface area contributed by atoms with Crippen LogP contribution in [-0.2, 0) is 0 Å². The van der Waals surface area contributed by atoms with Gasteiger partial charge in [0.15, 0.2) is 0 Å². The smallest absolute Gasteiger partial charge is 0.00154 e. The van der Waals surface area contributed by atoms with Gasteiger partial charge in [-0.25, -0.2) is 0 Å². The van der Waals surface area contributed by atoms with Crippen molar-refractivity contribution in [2.24, 2.45) is 11.3 Å². The van der Waals surface area contributed by atoms with E-state index in [1.54, 1.807) is 0 Å². The molecule has 1 fully saturated rings. The average molecular weight is 198 g/mol. The number of rotatable bonds is 6. The molecule has 1 rings (SSSR count). The first-order chi connectivity index (χ1) is 6.67. The summed E-state index contributed by atoms with van der Waals surface area (Å²) in [6.45, 7) is 8.34. The van der Waals surface area contributed by atoms with Crippen LogP contribution in [-0.4, -0.2) is 26.7 Å². The molecule has 0 spiro atoms. The molecule has 0 heterocycles. The molecule has 0 aliphatic heterocycles. The SMILES string of the molecule is CNCCCNCC1CCCC1(C)C. The zero-order valence-corrected chi connectivity index (χ0v) is 10.0. The Bertz CT molecular complexity index is 154. The lowest BCUT2D eigenvalue weighted by Gasteiger charge is -2.27. The van der Waals surface area contributed by atoms with Gasteiger partial charge < -0.3 is 10.6 Å². The highest BCUT2D eigenvalue weighted by Crippen LogP contribution is 2.41. The number of hydrogen-bond donors (Lipinski definition) is 2. The van der Waals surface area contributed by atoms with Gasteiger partial charge in [0.05, 0.1) is 0 Å². The van der Waals surface area contributed by atoms with Crippen molar-refractivity contribution in [3.63, 3.8) is 0 Å². The number of nitrogens with one attached hydrogen (secondary N) is 2. The molecule has 14 heavy (non-hydrogen) atoms. The minimum Gasteiger partial charge on any atom is -0.320 e. The molecule has 1 unspecified atom stereocenters. The third-order valence-corrected chi connectivity index (χ3v) is 3.65. The zero-order valence-electron chi connectivity index (χ0n) is 10.0. The summed E-state index contributed by atoms with van der Waals surface area (Å²) in [5.41, 5.74) is 0.579. The second-order valence-corrected chi connectivity index (χ2v) is 5.24. The molecular weight excluding hydrogens is 172 g/mol. The van der Waals surface area contributed by atoms with Crippen molar-refractivity contribution < 1.29 is 0 Å². The second kappa shape index (κ2) is 5.72. The summed E-state index contributed by atoms with van der Waals surface area (Å²) in [5, 5.41) is 6.75. The van der Waals surface area contributed by atoms with Crippen LogP contribution in [0.5, 0.6) is 0 Å². The summed E-state index contributed by atoms with van der Waals surface area (Å²) >= 11 is 0. The molecule has 0 saturated heterocycles. The molecule has 1 saturated carbocycles. The Balaban J connectivity index is 2.06. The third kappa shape index (κ3) is 3.58. The van der Waals surface area contributed by atoms with E-state index in [2.05, 4.69) is 24.5 Å². The fourth-order valence-electron chi connectivity index (χ4n) is 2.44. The van der Waals surface area contributed by atoms with Crippen molar-refractivity contribution >= 4 is 0 Å². The van der Waals surface area contributed by atoms with Crippen molar-refractivity contribution in [1.29, 1.82) is 0 Å². The van der Waals surface area contributed by atoms with Crippen molar-refractivity contribution in [2.45, 2.75) is 39.5 Å². The maximum Gasteiger partial charge on any atom is -0.00154 e. The molecule has 2 heteroatoms. The number of hydrogen-bond acceptors (Lipinski definition) is 2. The van der Waals surface area contributed by atoms with Crippen LogP contribution in [0, 0.1) is 11.3 Å². The average Bonchev–Trinajstić information content (AvgIpc) is 2.45. The van der Waals surface area contributed by atoms with Gasteiger partial charge in [-0.1, -0.05) is 20.3 Å². The van der Waals surface area contributed by atoms with Crippen LogP contribution in [0.3, 0.4) is 0 Å². The molecule has 84 valence electrons. The molecule has 2 nitrogen and oxygen atoms in total. The Kier molecular flexibility index (Phi) is 4.90. The van der Waals surface area contributed by atoms with Gasteiger partial charge in [-0.05, 0) is 57.3 Å². The van der Waals surface area contributed by atoms with E-state index in [1.807, 2.05) is 7.05 Å². The van der Waals surface area contributed by atoms with Crippen LogP contribution in [0.2, 0.25) is 0 Å². The fraction of sp³-hybridized carbons (Fsp3) is 1.00. The lowest BCUT2D eigenvalue weighted by atomic mass is 9.82. The van der Waals surface area contributed by atoms with Crippen LogP contribution in [0.1, 0.15) is 39.5 Å². The Morgan fingerprint density at radius 2 is 2.07 bits per heavy atom. The lowest BCUT2D eigenvalue weighted by molar-refractivity contribution is 0.251. The van der Waals surface area contributed by atoms with Gasteiger partial charge >= 0.3 is 0 Å². The normalized spacial score (nSPS) is 25.5. The summed E-state index contributed by atoms with van der Waals surface area (Å²) in [6, 6.07) is 0. The van der Waals surface area contributed by atoms with Gasteiger partial charge in [-0.2, -0.15) is 0 Å². The molecule has 0 aromatic rings.